The standard InChI is InChI=1S/C14H16O2/c1-9-3-11-5-16-8-14(11)10(2)4-12-6-15-7-13(9)12/h3-4H,5-8H2,1-2H3/b9-3-,10-4-,11-3?,12-4?,13-9?,14-10?. The molecule has 84 valence electrons. The molecule has 0 atom stereocenters. The quantitative estimate of drug-likeness (QED) is 0.619. The molecule has 0 aromatic rings. The highest BCUT2D eigenvalue weighted by molar-refractivity contribution is 5.54. The summed E-state index contributed by atoms with van der Waals surface area (Å²) >= 11 is 0. The second-order valence-corrected chi connectivity index (χ2v) is 4.65. The largest absolute Gasteiger partial charge is 0.372 e. The highest BCUT2D eigenvalue weighted by Gasteiger charge is 2.21. The molecule has 0 aromatic carbocycles. The molecule has 0 N–H and O–H groups in total. The van der Waals surface area contributed by atoms with Crippen LogP contribution in [0, 0.1) is 0 Å². The predicted molar refractivity (Wildman–Crippen MR) is 63.2 cm³/mol. The topological polar surface area (TPSA) is 18.5 Å². The monoisotopic (exact) mass is 216 g/mol. The van der Waals surface area contributed by atoms with Crippen LogP contribution < -0.4 is 0 Å². The smallest absolute Gasteiger partial charge is 0.0727 e. The SMILES string of the molecule is C/C1=C/C2=C(COC2)C(/C)=C\C2=C1COC2. The van der Waals surface area contributed by atoms with Crippen LogP contribution >= 0.6 is 0 Å². The van der Waals surface area contributed by atoms with Gasteiger partial charge in [-0.1, -0.05) is 12.2 Å². The summed E-state index contributed by atoms with van der Waals surface area (Å²) in [6.07, 6.45) is 4.53. The van der Waals surface area contributed by atoms with Gasteiger partial charge in [0.1, 0.15) is 0 Å². The molecule has 1 aliphatic carbocycles. The first-order valence-corrected chi connectivity index (χ1v) is 5.72. The van der Waals surface area contributed by atoms with E-state index in [4.69, 9.17) is 9.47 Å². The van der Waals surface area contributed by atoms with Crippen LogP contribution in [0.3, 0.4) is 0 Å². The lowest BCUT2D eigenvalue weighted by Crippen LogP contribution is -1.98. The number of rotatable bonds is 0. The van der Waals surface area contributed by atoms with Gasteiger partial charge >= 0.3 is 0 Å². The van der Waals surface area contributed by atoms with Crippen LogP contribution in [0.15, 0.2) is 45.6 Å². The second kappa shape index (κ2) is 3.72. The minimum atomic E-state index is 0.751. The number of hydrogen-bond acceptors (Lipinski definition) is 2. The van der Waals surface area contributed by atoms with Gasteiger partial charge in [0.2, 0.25) is 0 Å². The third-order valence-corrected chi connectivity index (χ3v) is 3.52. The molecule has 3 rings (SSSR count). The minimum Gasteiger partial charge on any atom is -0.372 e. The average Bonchev–Trinajstić information content (AvgIpc) is 2.84. The summed E-state index contributed by atoms with van der Waals surface area (Å²) < 4.78 is 11.1. The first-order valence-electron chi connectivity index (χ1n) is 5.72. The Morgan fingerprint density at radius 1 is 0.750 bits per heavy atom. The van der Waals surface area contributed by atoms with E-state index in [1.165, 1.54) is 33.4 Å². The van der Waals surface area contributed by atoms with E-state index in [2.05, 4.69) is 26.0 Å². The second-order valence-electron chi connectivity index (χ2n) is 4.65. The molecule has 0 fully saturated rings. The zero-order valence-corrected chi connectivity index (χ0v) is 9.80. The Balaban J connectivity index is 2.13. The minimum absolute atomic E-state index is 0.751. The molecule has 2 aliphatic heterocycles. The molecule has 0 aromatic heterocycles. The molecule has 16 heavy (non-hydrogen) atoms. The summed E-state index contributed by atoms with van der Waals surface area (Å²) in [4.78, 5) is 0. The van der Waals surface area contributed by atoms with Crippen molar-refractivity contribution in [3.63, 3.8) is 0 Å². The molecular weight excluding hydrogens is 200 g/mol. The molecule has 0 saturated carbocycles. The maximum absolute atomic E-state index is 5.53. The summed E-state index contributed by atoms with van der Waals surface area (Å²) in [5, 5.41) is 0. The first kappa shape index (κ1) is 10.1. The molecule has 0 saturated heterocycles. The van der Waals surface area contributed by atoms with Crippen molar-refractivity contribution in [1.82, 2.24) is 0 Å². The van der Waals surface area contributed by atoms with Crippen molar-refractivity contribution in [3.05, 3.63) is 45.6 Å². The Morgan fingerprint density at radius 3 is 1.62 bits per heavy atom. The van der Waals surface area contributed by atoms with E-state index in [9.17, 15) is 0 Å². The lowest BCUT2D eigenvalue weighted by Gasteiger charge is -2.11. The van der Waals surface area contributed by atoms with E-state index in [0.29, 0.717) is 0 Å². The Kier molecular flexibility index (Phi) is 2.34. The molecule has 2 heteroatoms. The van der Waals surface area contributed by atoms with Gasteiger partial charge in [-0.15, -0.1) is 0 Å². The lowest BCUT2D eigenvalue weighted by molar-refractivity contribution is 0.205. The van der Waals surface area contributed by atoms with E-state index in [1.807, 2.05) is 0 Å². The van der Waals surface area contributed by atoms with Gasteiger partial charge in [0.25, 0.3) is 0 Å². The van der Waals surface area contributed by atoms with Crippen molar-refractivity contribution in [2.45, 2.75) is 13.8 Å². The lowest BCUT2D eigenvalue weighted by atomic mass is 9.93. The van der Waals surface area contributed by atoms with Crippen molar-refractivity contribution in [1.29, 1.82) is 0 Å². The van der Waals surface area contributed by atoms with Crippen molar-refractivity contribution in [2.75, 3.05) is 26.4 Å². The summed E-state index contributed by atoms with van der Waals surface area (Å²) in [5.41, 5.74) is 8.05. The van der Waals surface area contributed by atoms with Crippen LogP contribution in [0.2, 0.25) is 0 Å². The fourth-order valence-electron chi connectivity index (χ4n) is 2.57. The van der Waals surface area contributed by atoms with Crippen LogP contribution in [-0.2, 0) is 9.47 Å². The van der Waals surface area contributed by atoms with Crippen LogP contribution in [-0.4, -0.2) is 26.4 Å². The molecule has 3 aliphatic rings. The third-order valence-electron chi connectivity index (χ3n) is 3.52. The number of hydrogen-bond donors (Lipinski definition) is 0. The van der Waals surface area contributed by atoms with Crippen LogP contribution in [0.4, 0.5) is 0 Å². The normalized spacial score (nSPS) is 31.4. The Labute approximate surface area is 95.9 Å². The van der Waals surface area contributed by atoms with Gasteiger partial charge in [-0.3, -0.25) is 0 Å². The van der Waals surface area contributed by atoms with E-state index in [0.717, 1.165) is 26.4 Å². The molecule has 0 unspecified atom stereocenters. The van der Waals surface area contributed by atoms with Crippen molar-refractivity contribution < 1.29 is 9.47 Å². The average molecular weight is 216 g/mol. The fourth-order valence-corrected chi connectivity index (χ4v) is 2.57. The maximum Gasteiger partial charge on any atom is 0.0727 e. The van der Waals surface area contributed by atoms with Crippen LogP contribution in [0.25, 0.3) is 0 Å². The zero-order valence-electron chi connectivity index (χ0n) is 9.80. The zero-order chi connectivity index (χ0) is 11.1. The molecule has 2 heterocycles. The Hall–Kier alpha value is -1.12. The first-order chi connectivity index (χ1) is 7.75. The highest BCUT2D eigenvalue weighted by atomic mass is 16.5. The molecule has 0 bridgehead atoms. The Bertz CT molecular complexity index is 417. The predicted octanol–water partition coefficient (Wildman–Crippen LogP) is 2.55. The third kappa shape index (κ3) is 1.49. The van der Waals surface area contributed by atoms with E-state index in [-0.39, 0.29) is 0 Å². The van der Waals surface area contributed by atoms with Gasteiger partial charge in [0.05, 0.1) is 26.4 Å². The fraction of sp³-hybridized carbons (Fsp3) is 0.429. The number of ether oxygens (including phenoxy) is 2. The van der Waals surface area contributed by atoms with E-state index < -0.39 is 0 Å². The van der Waals surface area contributed by atoms with Crippen LogP contribution in [0.5, 0.6) is 0 Å². The summed E-state index contributed by atoms with van der Waals surface area (Å²) in [6, 6.07) is 0. The van der Waals surface area contributed by atoms with Crippen molar-refractivity contribution >= 4 is 0 Å². The Morgan fingerprint density at radius 2 is 1.19 bits per heavy atom. The maximum atomic E-state index is 5.53. The van der Waals surface area contributed by atoms with Gasteiger partial charge in [0, 0.05) is 0 Å². The summed E-state index contributed by atoms with van der Waals surface area (Å²) in [6.45, 7) is 7.35. The van der Waals surface area contributed by atoms with Gasteiger partial charge in [-0.05, 0) is 47.3 Å². The van der Waals surface area contributed by atoms with Crippen molar-refractivity contribution in [3.8, 4) is 0 Å². The molecule has 2 nitrogen and oxygen atoms in total. The summed E-state index contributed by atoms with van der Waals surface area (Å²) in [5.74, 6) is 0. The molecule has 0 spiro atoms. The van der Waals surface area contributed by atoms with Gasteiger partial charge < -0.3 is 9.47 Å². The van der Waals surface area contributed by atoms with Crippen LogP contribution in [0.1, 0.15) is 13.8 Å². The molecular formula is C14H16O2. The summed E-state index contributed by atoms with van der Waals surface area (Å²) in [7, 11) is 0. The van der Waals surface area contributed by atoms with E-state index in [1.54, 1.807) is 0 Å². The molecule has 0 radical (unpaired) electrons. The van der Waals surface area contributed by atoms with E-state index >= 15 is 0 Å². The van der Waals surface area contributed by atoms with Gasteiger partial charge in [-0.25, -0.2) is 0 Å². The van der Waals surface area contributed by atoms with Crippen molar-refractivity contribution in [2.24, 2.45) is 0 Å². The molecule has 0 amide bonds. The van der Waals surface area contributed by atoms with Gasteiger partial charge in [-0.2, -0.15) is 0 Å². The highest BCUT2D eigenvalue weighted by Crippen LogP contribution is 2.32. The van der Waals surface area contributed by atoms with Gasteiger partial charge in [0.15, 0.2) is 0 Å².